The Bertz CT molecular complexity index is 628. The first-order valence-electron chi connectivity index (χ1n) is 6.71. The monoisotopic (exact) mass is 317 g/mol. The molecule has 0 heterocycles. The molecule has 0 amide bonds. The summed E-state index contributed by atoms with van der Waals surface area (Å²) in [5, 5.41) is 8.93. The van der Waals surface area contributed by atoms with E-state index in [0.717, 1.165) is 29.3 Å². The highest BCUT2D eigenvalue weighted by Crippen LogP contribution is 2.23. The third kappa shape index (κ3) is 4.01. The van der Waals surface area contributed by atoms with Crippen molar-refractivity contribution in [3.05, 3.63) is 29.1 Å². The Labute approximate surface area is 124 Å². The topological polar surface area (TPSA) is 74.7 Å². The molecule has 1 aromatic rings. The van der Waals surface area contributed by atoms with Gasteiger partial charge in [0.2, 0.25) is 10.0 Å². The number of sulfonamides is 1. The molecule has 0 atom stereocenters. The quantitative estimate of drug-likeness (QED) is 0.785. The molecule has 21 heavy (non-hydrogen) atoms. The first-order valence-corrected chi connectivity index (χ1v) is 8.15. The highest BCUT2D eigenvalue weighted by atomic mass is 32.2. The number of aromatic carboxylic acids is 1. The summed E-state index contributed by atoms with van der Waals surface area (Å²) in [5.74, 6) is -2.20. The summed E-state index contributed by atoms with van der Waals surface area (Å²) in [6.07, 6.45) is 2.55. The van der Waals surface area contributed by atoms with E-state index in [-0.39, 0.29) is 16.0 Å². The average Bonchev–Trinajstić information content (AvgIpc) is 2.41. The van der Waals surface area contributed by atoms with Crippen molar-refractivity contribution >= 4 is 16.0 Å². The molecule has 0 aliphatic rings. The van der Waals surface area contributed by atoms with Crippen LogP contribution in [0.15, 0.2) is 17.0 Å². The minimum absolute atomic E-state index is 0.0673. The number of hydrogen-bond donors (Lipinski definition) is 1. The number of carbonyl (C=O) groups is 1. The summed E-state index contributed by atoms with van der Waals surface area (Å²) < 4.78 is 39.8. The van der Waals surface area contributed by atoms with Crippen LogP contribution in [0.5, 0.6) is 0 Å². The zero-order valence-electron chi connectivity index (χ0n) is 12.4. The number of carboxylic acid groups (broad SMARTS) is 1. The van der Waals surface area contributed by atoms with E-state index < -0.39 is 21.8 Å². The van der Waals surface area contributed by atoms with Gasteiger partial charge in [-0.15, -0.1) is 0 Å². The SMILES string of the molecule is CCCCCN(C)S(=O)(=O)c1cc(C(=O)O)cc(F)c1C. The van der Waals surface area contributed by atoms with Crippen LogP contribution >= 0.6 is 0 Å². The van der Waals surface area contributed by atoms with Crippen molar-refractivity contribution in [2.75, 3.05) is 13.6 Å². The second kappa shape index (κ2) is 7.00. The van der Waals surface area contributed by atoms with Crippen LogP contribution in [0.1, 0.15) is 42.1 Å². The molecule has 0 bridgehead atoms. The molecule has 1 rings (SSSR count). The van der Waals surface area contributed by atoms with Gasteiger partial charge < -0.3 is 5.11 Å². The van der Waals surface area contributed by atoms with Crippen molar-refractivity contribution in [3.63, 3.8) is 0 Å². The fourth-order valence-corrected chi connectivity index (χ4v) is 3.38. The maximum absolute atomic E-state index is 13.8. The minimum atomic E-state index is -3.90. The van der Waals surface area contributed by atoms with Gasteiger partial charge in [0.05, 0.1) is 10.5 Å². The zero-order valence-corrected chi connectivity index (χ0v) is 13.2. The van der Waals surface area contributed by atoms with Crippen LogP contribution in [0.2, 0.25) is 0 Å². The van der Waals surface area contributed by atoms with Crippen molar-refractivity contribution in [3.8, 4) is 0 Å². The van der Waals surface area contributed by atoms with Gasteiger partial charge in [-0.25, -0.2) is 21.9 Å². The van der Waals surface area contributed by atoms with E-state index in [2.05, 4.69) is 0 Å². The number of unbranched alkanes of at least 4 members (excludes halogenated alkanes) is 2. The molecular formula is C14H20FNO4S. The van der Waals surface area contributed by atoms with Crippen LogP contribution in [0, 0.1) is 12.7 Å². The lowest BCUT2D eigenvalue weighted by molar-refractivity contribution is 0.0696. The number of rotatable bonds is 7. The molecule has 0 aliphatic carbocycles. The van der Waals surface area contributed by atoms with Crippen LogP contribution in [-0.4, -0.2) is 37.4 Å². The predicted molar refractivity (Wildman–Crippen MR) is 77.4 cm³/mol. The van der Waals surface area contributed by atoms with E-state index in [1.165, 1.54) is 14.0 Å². The van der Waals surface area contributed by atoms with Gasteiger partial charge >= 0.3 is 5.97 Å². The Hall–Kier alpha value is -1.47. The minimum Gasteiger partial charge on any atom is -0.478 e. The van der Waals surface area contributed by atoms with Gasteiger partial charge in [-0.2, -0.15) is 0 Å². The molecule has 0 fully saturated rings. The molecule has 5 nitrogen and oxygen atoms in total. The van der Waals surface area contributed by atoms with Crippen LogP contribution < -0.4 is 0 Å². The number of hydrogen-bond acceptors (Lipinski definition) is 3. The van der Waals surface area contributed by atoms with E-state index >= 15 is 0 Å². The van der Waals surface area contributed by atoms with Crippen molar-refractivity contribution < 1.29 is 22.7 Å². The van der Waals surface area contributed by atoms with Crippen molar-refractivity contribution in [1.29, 1.82) is 0 Å². The Morgan fingerprint density at radius 2 is 1.95 bits per heavy atom. The van der Waals surface area contributed by atoms with Gasteiger partial charge in [-0.3, -0.25) is 0 Å². The Morgan fingerprint density at radius 1 is 1.33 bits per heavy atom. The molecule has 1 aromatic carbocycles. The van der Waals surface area contributed by atoms with E-state index in [1.807, 2.05) is 6.92 Å². The van der Waals surface area contributed by atoms with Gasteiger partial charge in [0.1, 0.15) is 5.82 Å². The molecule has 0 radical (unpaired) electrons. The smallest absolute Gasteiger partial charge is 0.335 e. The summed E-state index contributed by atoms with van der Waals surface area (Å²) in [5.41, 5.74) is -0.444. The summed E-state index contributed by atoms with van der Waals surface area (Å²) in [7, 11) is -2.49. The highest BCUT2D eigenvalue weighted by molar-refractivity contribution is 7.89. The average molecular weight is 317 g/mol. The van der Waals surface area contributed by atoms with Gasteiger partial charge in [-0.1, -0.05) is 19.8 Å². The fourth-order valence-electron chi connectivity index (χ4n) is 1.92. The summed E-state index contributed by atoms with van der Waals surface area (Å²) in [6.45, 7) is 3.65. The number of halogens is 1. The van der Waals surface area contributed by atoms with Crippen molar-refractivity contribution in [2.45, 2.75) is 38.0 Å². The van der Waals surface area contributed by atoms with E-state index in [9.17, 15) is 17.6 Å². The first kappa shape index (κ1) is 17.6. The molecule has 7 heteroatoms. The van der Waals surface area contributed by atoms with Crippen molar-refractivity contribution in [2.24, 2.45) is 0 Å². The Kier molecular flexibility index (Phi) is 5.86. The normalized spacial score (nSPS) is 11.9. The predicted octanol–water partition coefficient (Wildman–Crippen LogP) is 2.64. The summed E-state index contributed by atoms with van der Waals surface area (Å²) in [6, 6.07) is 1.83. The molecule has 1 N–H and O–H groups in total. The molecule has 0 aromatic heterocycles. The third-order valence-electron chi connectivity index (χ3n) is 3.31. The lowest BCUT2D eigenvalue weighted by Crippen LogP contribution is -2.29. The third-order valence-corrected chi connectivity index (χ3v) is 5.29. The molecule has 118 valence electrons. The molecule has 0 spiro atoms. The molecule has 0 saturated carbocycles. The standard InChI is InChI=1S/C14H20FNO4S/c1-4-5-6-7-16(3)21(19,20)13-9-11(14(17)18)8-12(15)10(13)2/h8-9H,4-7H2,1-3H3,(H,17,18). The Morgan fingerprint density at radius 3 is 2.48 bits per heavy atom. The summed E-state index contributed by atoms with van der Waals surface area (Å²) >= 11 is 0. The maximum atomic E-state index is 13.8. The van der Waals surface area contributed by atoms with Crippen LogP contribution in [0.25, 0.3) is 0 Å². The largest absolute Gasteiger partial charge is 0.478 e. The van der Waals surface area contributed by atoms with E-state index in [1.54, 1.807) is 0 Å². The number of nitrogens with zero attached hydrogens (tertiary/aromatic N) is 1. The number of benzene rings is 1. The maximum Gasteiger partial charge on any atom is 0.335 e. The van der Waals surface area contributed by atoms with Crippen LogP contribution in [-0.2, 0) is 10.0 Å². The second-order valence-corrected chi connectivity index (χ2v) is 6.93. The van der Waals surface area contributed by atoms with E-state index in [0.29, 0.717) is 13.0 Å². The molecule has 0 aliphatic heterocycles. The second-order valence-electron chi connectivity index (χ2n) is 4.92. The van der Waals surface area contributed by atoms with Gasteiger partial charge in [0, 0.05) is 19.2 Å². The number of carboxylic acids is 1. The molecular weight excluding hydrogens is 297 g/mol. The summed E-state index contributed by atoms with van der Waals surface area (Å²) in [4.78, 5) is 10.7. The molecule has 0 unspecified atom stereocenters. The van der Waals surface area contributed by atoms with Crippen molar-refractivity contribution in [1.82, 2.24) is 4.31 Å². The van der Waals surface area contributed by atoms with Crippen LogP contribution in [0.3, 0.4) is 0 Å². The molecule has 0 saturated heterocycles. The zero-order chi connectivity index (χ0) is 16.2. The van der Waals surface area contributed by atoms with Gasteiger partial charge in [0.15, 0.2) is 0 Å². The lowest BCUT2D eigenvalue weighted by atomic mass is 10.1. The van der Waals surface area contributed by atoms with Gasteiger partial charge in [-0.05, 0) is 25.5 Å². The lowest BCUT2D eigenvalue weighted by Gasteiger charge is -2.19. The van der Waals surface area contributed by atoms with Gasteiger partial charge in [0.25, 0.3) is 0 Å². The Balaban J connectivity index is 3.21. The van der Waals surface area contributed by atoms with E-state index in [4.69, 9.17) is 5.11 Å². The fraction of sp³-hybridized carbons (Fsp3) is 0.500. The van der Waals surface area contributed by atoms with Crippen LogP contribution in [0.4, 0.5) is 4.39 Å². The first-order chi connectivity index (χ1) is 9.71. The highest BCUT2D eigenvalue weighted by Gasteiger charge is 2.25.